The summed E-state index contributed by atoms with van der Waals surface area (Å²) in [7, 11) is -2.85. The lowest BCUT2D eigenvalue weighted by molar-refractivity contribution is 0.162. The largest absolute Gasteiger partial charge is 0.508 e. The van der Waals surface area contributed by atoms with Crippen molar-refractivity contribution in [3.8, 4) is 17.2 Å². The zero-order valence-electron chi connectivity index (χ0n) is 22.0. The molecule has 0 saturated carbocycles. The van der Waals surface area contributed by atoms with Gasteiger partial charge in [-0.05, 0) is 48.6 Å². The molecule has 0 bridgehead atoms. The van der Waals surface area contributed by atoms with E-state index in [-0.39, 0.29) is 22.8 Å². The van der Waals surface area contributed by atoms with Crippen LogP contribution in [0, 0.1) is 0 Å². The van der Waals surface area contributed by atoms with Gasteiger partial charge in [-0.1, -0.05) is 83.4 Å². The summed E-state index contributed by atoms with van der Waals surface area (Å²) in [4.78, 5) is 0. The Balaban J connectivity index is 1.46. The van der Waals surface area contributed by atoms with Crippen molar-refractivity contribution in [2.75, 3.05) is 18.1 Å². The van der Waals surface area contributed by atoms with Crippen molar-refractivity contribution in [2.45, 2.75) is 95.8 Å². The third-order valence-corrected chi connectivity index (χ3v) is 9.52. The van der Waals surface area contributed by atoms with Crippen LogP contribution in [0.25, 0.3) is 0 Å². The Kier molecular flexibility index (Phi) is 10.5. The van der Waals surface area contributed by atoms with Crippen molar-refractivity contribution in [3.05, 3.63) is 53.6 Å². The van der Waals surface area contributed by atoms with E-state index in [4.69, 9.17) is 4.74 Å². The molecule has 2 N–H and O–H groups in total. The minimum Gasteiger partial charge on any atom is -0.508 e. The molecule has 1 aliphatic rings. The molecule has 200 valence electrons. The molecule has 0 spiro atoms. The van der Waals surface area contributed by atoms with Crippen LogP contribution in [0.2, 0.25) is 0 Å². The third-order valence-electron chi connectivity index (χ3n) is 7.70. The minimum atomic E-state index is -2.85. The second-order valence-electron chi connectivity index (χ2n) is 10.7. The van der Waals surface area contributed by atoms with E-state index in [1.165, 1.54) is 25.7 Å². The summed E-state index contributed by atoms with van der Waals surface area (Å²) in [5.41, 5.74) is 2.08. The molecular formula is C30H44O5S. The maximum absolute atomic E-state index is 11.9. The van der Waals surface area contributed by atoms with Gasteiger partial charge in [0.15, 0.2) is 0 Å². The number of ether oxygens (including phenoxy) is 1. The van der Waals surface area contributed by atoms with Crippen LogP contribution < -0.4 is 4.74 Å². The topological polar surface area (TPSA) is 83.8 Å². The Bertz CT molecular complexity index is 1050. The third kappa shape index (κ3) is 7.89. The van der Waals surface area contributed by atoms with Crippen molar-refractivity contribution >= 4 is 9.84 Å². The summed E-state index contributed by atoms with van der Waals surface area (Å²) in [6.45, 7) is 4.80. The van der Waals surface area contributed by atoms with E-state index in [0.29, 0.717) is 18.1 Å². The Morgan fingerprint density at radius 2 is 1.42 bits per heavy atom. The van der Waals surface area contributed by atoms with Crippen molar-refractivity contribution < 1.29 is 23.4 Å². The number of hydrogen-bond acceptors (Lipinski definition) is 5. The lowest BCUT2D eigenvalue weighted by Gasteiger charge is -2.43. The van der Waals surface area contributed by atoms with Crippen LogP contribution in [0.1, 0.15) is 102 Å². The molecule has 36 heavy (non-hydrogen) atoms. The van der Waals surface area contributed by atoms with Crippen LogP contribution in [-0.4, -0.2) is 36.7 Å². The predicted molar refractivity (Wildman–Crippen MR) is 147 cm³/mol. The minimum absolute atomic E-state index is 0.213. The van der Waals surface area contributed by atoms with Gasteiger partial charge in [0.2, 0.25) is 0 Å². The Morgan fingerprint density at radius 3 is 2.08 bits per heavy atom. The van der Waals surface area contributed by atoms with Gasteiger partial charge in [0.1, 0.15) is 27.1 Å². The first-order chi connectivity index (χ1) is 17.2. The number of unbranched alkanes of at least 4 members (excludes halogenated alkanes) is 8. The van der Waals surface area contributed by atoms with E-state index < -0.39 is 9.84 Å². The quantitative estimate of drug-likeness (QED) is 0.243. The average Bonchev–Trinajstić information content (AvgIpc) is 2.85. The molecule has 0 amide bonds. The molecule has 2 aromatic rings. The average molecular weight is 517 g/mol. The number of fused-ring (bicyclic) bond motifs is 1. The predicted octanol–water partition coefficient (Wildman–Crippen LogP) is 7.26. The van der Waals surface area contributed by atoms with Gasteiger partial charge in [-0.15, -0.1) is 0 Å². The highest BCUT2D eigenvalue weighted by Gasteiger charge is 2.42. The zero-order chi connectivity index (χ0) is 26.0. The lowest BCUT2D eigenvalue weighted by Crippen LogP contribution is -2.40. The second-order valence-corrected chi connectivity index (χ2v) is 13.0. The van der Waals surface area contributed by atoms with Crippen LogP contribution in [-0.2, 0) is 15.3 Å². The van der Waals surface area contributed by atoms with Crippen LogP contribution >= 0.6 is 0 Å². The van der Waals surface area contributed by atoms with Gasteiger partial charge in [-0.2, -0.15) is 0 Å². The van der Waals surface area contributed by atoms with Crippen molar-refractivity contribution in [1.29, 1.82) is 0 Å². The Labute approximate surface area is 217 Å². The molecule has 2 atom stereocenters. The van der Waals surface area contributed by atoms with Crippen LogP contribution in [0.15, 0.2) is 42.5 Å². The SMILES string of the molecule is CCCCS(=O)(=O)CCCCCCCCCC[C@@H]1c2ccc(O)cc2OC[C@]1(C)c1ccc(O)cc1. The van der Waals surface area contributed by atoms with Gasteiger partial charge in [-0.3, -0.25) is 0 Å². The fraction of sp³-hybridized carbons (Fsp3) is 0.600. The Hall–Kier alpha value is -2.21. The van der Waals surface area contributed by atoms with Crippen LogP contribution in [0.4, 0.5) is 0 Å². The molecule has 3 rings (SSSR count). The number of benzene rings is 2. The maximum Gasteiger partial charge on any atom is 0.150 e. The van der Waals surface area contributed by atoms with Gasteiger partial charge in [0.25, 0.3) is 0 Å². The van der Waals surface area contributed by atoms with E-state index >= 15 is 0 Å². The molecule has 6 heteroatoms. The molecule has 5 nitrogen and oxygen atoms in total. The van der Waals surface area contributed by atoms with Gasteiger partial charge in [0.05, 0.1) is 18.1 Å². The van der Waals surface area contributed by atoms with Gasteiger partial charge in [0, 0.05) is 17.4 Å². The normalized spacial score (nSPS) is 19.6. The van der Waals surface area contributed by atoms with Crippen LogP contribution in [0.3, 0.4) is 0 Å². The van der Waals surface area contributed by atoms with Crippen molar-refractivity contribution in [1.82, 2.24) is 0 Å². The molecular weight excluding hydrogens is 472 g/mol. The molecule has 0 fully saturated rings. The van der Waals surface area contributed by atoms with E-state index in [1.54, 1.807) is 24.3 Å². The number of rotatable bonds is 15. The molecule has 0 unspecified atom stereocenters. The summed E-state index contributed by atoms with van der Waals surface area (Å²) < 4.78 is 30.0. The van der Waals surface area contributed by atoms with E-state index in [0.717, 1.165) is 61.8 Å². The second kappa shape index (κ2) is 13.4. The molecule has 0 saturated heterocycles. The van der Waals surface area contributed by atoms with Gasteiger partial charge in [-0.25, -0.2) is 8.42 Å². The molecule has 1 aliphatic heterocycles. The summed E-state index contributed by atoms with van der Waals surface area (Å²) in [6, 6.07) is 12.9. The molecule has 1 heterocycles. The number of phenols is 2. The lowest BCUT2D eigenvalue weighted by atomic mass is 9.66. The first-order valence-electron chi connectivity index (χ1n) is 13.7. The van der Waals surface area contributed by atoms with Gasteiger partial charge < -0.3 is 14.9 Å². The fourth-order valence-corrected chi connectivity index (χ4v) is 6.98. The monoisotopic (exact) mass is 516 g/mol. The molecule has 0 radical (unpaired) electrons. The molecule has 0 aliphatic carbocycles. The van der Waals surface area contributed by atoms with E-state index in [2.05, 4.69) is 6.92 Å². The smallest absolute Gasteiger partial charge is 0.150 e. The molecule has 0 aromatic heterocycles. The number of sulfone groups is 1. The Morgan fingerprint density at radius 1 is 0.833 bits per heavy atom. The fourth-order valence-electron chi connectivity index (χ4n) is 5.41. The summed E-state index contributed by atoms with van der Waals surface area (Å²) >= 11 is 0. The number of aromatic hydroxyl groups is 2. The summed E-state index contributed by atoms with van der Waals surface area (Å²) in [5.74, 6) is 2.21. The van der Waals surface area contributed by atoms with E-state index in [9.17, 15) is 18.6 Å². The zero-order valence-corrected chi connectivity index (χ0v) is 22.9. The van der Waals surface area contributed by atoms with E-state index in [1.807, 2.05) is 25.1 Å². The van der Waals surface area contributed by atoms with Crippen LogP contribution in [0.5, 0.6) is 17.2 Å². The first kappa shape index (κ1) is 28.4. The standard InChI is InChI=1S/C30H44O5S/c1-3-4-20-36(33,34)21-12-10-8-6-5-7-9-11-13-28-27-19-18-26(32)22-29(27)35-23-30(28,2)24-14-16-25(31)17-15-24/h14-19,22,28,31-32H,3-13,20-21,23H2,1-2H3/t28-,30-/m1/s1. The highest BCUT2D eigenvalue weighted by molar-refractivity contribution is 7.91. The molecule has 2 aromatic carbocycles. The highest BCUT2D eigenvalue weighted by atomic mass is 32.2. The van der Waals surface area contributed by atoms with Gasteiger partial charge >= 0.3 is 0 Å². The number of phenolic OH excluding ortho intramolecular Hbond substituents is 2. The summed E-state index contributed by atoms with van der Waals surface area (Å²) in [6.07, 6.45) is 11.5. The van der Waals surface area contributed by atoms with Crippen molar-refractivity contribution in [2.24, 2.45) is 0 Å². The summed E-state index contributed by atoms with van der Waals surface area (Å²) in [5, 5.41) is 19.7. The number of hydrogen-bond donors (Lipinski definition) is 2. The highest BCUT2D eigenvalue weighted by Crippen LogP contribution is 2.49. The van der Waals surface area contributed by atoms with Crippen molar-refractivity contribution in [3.63, 3.8) is 0 Å². The maximum atomic E-state index is 11.9. The first-order valence-corrected chi connectivity index (χ1v) is 15.5.